The first kappa shape index (κ1) is 17.4. The van der Waals surface area contributed by atoms with Crippen molar-refractivity contribution in [3.05, 3.63) is 53.0 Å². The van der Waals surface area contributed by atoms with Crippen LogP contribution in [0.2, 0.25) is 0 Å². The molecule has 0 atom stereocenters. The number of nitrogens with zero attached hydrogens (tertiary/aromatic N) is 4. The lowest BCUT2D eigenvalue weighted by Gasteiger charge is -2.29. The summed E-state index contributed by atoms with van der Waals surface area (Å²) in [6.45, 7) is 0. The average Bonchev–Trinajstić information content (AvgIpc) is 3.22. The van der Waals surface area contributed by atoms with Gasteiger partial charge in [-0.05, 0) is 37.8 Å². The third-order valence-electron chi connectivity index (χ3n) is 5.18. The molecule has 0 radical (unpaired) electrons. The second-order valence-electron chi connectivity index (χ2n) is 7.01. The third kappa shape index (κ3) is 4.05. The van der Waals surface area contributed by atoms with Crippen LogP contribution in [0.25, 0.3) is 11.0 Å². The van der Waals surface area contributed by atoms with Gasteiger partial charge >= 0.3 is 0 Å². The minimum absolute atomic E-state index is 0.0305. The molecule has 2 heterocycles. The molecule has 0 unspecified atom stereocenters. The molecule has 1 aliphatic carbocycles. The number of amides is 1. The van der Waals surface area contributed by atoms with Gasteiger partial charge in [-0.3, -0.25) is 9.59 Å². The van der Waals surface area contributed by atoms with Crippen molar-refractivity contribution in [2.45, 2.75) is 50.6 Å². The summed E-state index contributed by atoms with van der Waals surface area (Å²) in [5, 5.41) is 10.8. The van der Waals surface area contributed by atoms with Crippen molar-refractivity contribution in [3.63, 3.8) is 0 Å². The first-order valence-electron chi connectivity index (χ1n) is 9.30. The molecule has 1 fully saturated rings. The Bertz CT molecular complexity index is 973. The van der Waals surface area contributed by atoms with Gasteiger partial charge in [0.1, 0.15) is 18.3 Å². The van der Waals surface area contributed by atoms with E-state index in [9.17, 15) is 9.59 Å². The maximum atomic E-state index is 12.3. The molecule has 8 heteroatoms. The van der Waals surface area contributed by atoms with Crippen LogP contribution in [0.1, 0.15) is 43.8 Å². The van der Waals surface area contributed by atoms with Crippen molar-refractivity contribution in [2.24, 2.45) is 0 Å². The molecule has 0 aliphatic heterocycles. The molecule has 2 N–H and O–H groups in total. The molecular weight excluding hydrogens is 344 g/mol. The van der Waals surface area contributed by atoms with E-state index >= 15 is 0 Å². The van der Waals surface area contributed by atoms with Crippen LogP contribution in [0, 0.1) is 0 Å². The van der Waals surface area contributed by atoms with Crippen LogP contribution in [0.5, 0.6) is 0 Å². The lowest BCUT2D eigenvalue weighted by molar-refractivity contribution is -0.122. The van der Waals surface area contributed by atoms with Crippen LogP contribution in [0.4, 0.5) is 0 Å². The van der Waals surface area contributed by atoms with Crippen molar-refractivity contribution < 1.29 is 4.79 Å². The summed E-state index contributed by atoms with van der Waals surface area (Å²) in [5.41, 5.74) is 1.62. The number of aromatic amines is 1. The quantitative estimate of drug-likeness (QED) is 0.716. The normalized spacial score (nSPS) is 19.9. The van der Waals surface area contributed by atoms with Crippen LogP contribution in [0.3, 0.4) is 0 Å². The van der Waals surface area contributed by atoms with Crippen molar-refractivity contribution in [1.29, 1.82) is 0 Å². The molecule has 4 rings (SSSR count). The highest BCUT2D eigenvalue weighted by Crippen LogP contribution is 2.27. The number of H-pyrrole nitrogens is 1. The number of para-hydroxylation sites is 2. The highest BCUT2D eigenvalue weighted by molar-refractivity contribution is 5.77. The number of hydrogen-bond acceptors (Lipinski definition) is 5. The summed E-state index contributed by atoms with van der Waals surface area (Å²) in [6, 6.07) is 7.99. The maximum absolute atomic E-state index is 12.3. The smallest absolute Gasteiger partial charge is 0.270 e. The Morgan fingerprint density at radius 3 is 2.67 bits per heavy atom. The largest absolute Gasteiger partial charge is 0.353 e. The van der Waals surface area contributed by atoms with Crippen LogP contribution in [0.15, 0.2) is 41.7 Å². The fraction of sp³-hybridized carbons (Fsp3) is 0.421. The Balaban J connectivity index is 1.29. The number of carbonyl (C=O) groups excluding carboxylic acids is 1. The Labute approximate surface area is 156 Å². The highest BCUT2D eigenvalue weighted by Gasteiger charge is 2.23. The minimum atomic E-state index is -0.226. The molecule has 0 saturated heterocycles. The van der Waals surface area contributed by atoms with Crippen molar-refractivity contribution in [3.8, 4) is 0 Å². The number of aromatic nitrogens is 5. The SMILES string of the molecule is O=C(CCc1nc2ccccc2[nH]c1=O)NC1CCC(n2cnnc2)CC1. The number of carbonyl (C=O) groups is 1. The van der Waals surface area contributed by atoms with Crippen molar-refractivity contribution >= 4 is 16.9 Å². The fourth-order valence-electron chi connectivity index (χ4n) is 3.68. The Hall–Kier alpha value is -3.03. The first-order valence-corrected chi connectivity index (χ1v) is 9.30. The van der Waals surface area contributed by atoms with E-state index < -0.39 is 0 Å². The molecule has 1 saturated carbocycles. The van der Waals surface area contributed by atoms with E-state index in [0.717, 1.165) is 31.2 Å². The Morgan fingerprint density at radius 2 is 1.89 bits per heavy atom. The summed E-state index contributed by atoms with van der Waals surface area (Å²) in [4.78, 5) is 31.6. The number of rotatable bonds is 5. The zero-order valence-electron chi connectivity index (χ0n) is 15.0. The number of aryl methyl sites for hydroxylation is 1. The Kier molecular flexibility index (Phi) is 4.95. The lowest BCUT2D eigenvalue weighted by Crippen LogP contribution is -2.38. The predicted molar refractivity (Wildman–Crippen MR) is 100 cm³/mol. The zero-order chi connectivity index (χ0) is 18.6. The van der Waals surface area contributed by atoms with Gasteiger partial charge in [0, 0.05) is 24.9 Å². The summed E-state index contributed by atoms with van der Waals surface area (Å²) < 4.78 is 2.04. The van der Waals surface area contributed by atoms with Gasteiger partial charge in [0.2, 0.25) is 5.91 Å². The standard InChI is InChI=1S/C19H22N6O2/c26-18(22-13-5-7-14(8-6-13)25-11-20-21-12-25)10-9-17-19(27)24-16-4-2-1-3-15(16)23-17/h1-4,11-14H,5-10H2,(H,22,26)(H,24,27). The molecule has 3 aromatic rings. The first-order chi connectivity index (χ1) is 13.2. The van der Waals surface area contributed by atoms with E-state index in [1.807, 2.05) is 28.8 Å². The average molecular weight is 366 g/mol. The van der Waals surface area contributed by atoms with E-state index in [0.29, 0.717) is 23.7 Å². The van der Waals surface area contributed by atoms with Crippen LogP contribution in [-0.2, 0) is 11.2 Å². The van der Waals surface area contributed by atoms with Crippen LogP contribution in [-0.4, -0.2) is 36.7 Å². The number of hydrogen-bond donors (Lipinski definition) is 2. The molecule has 140 valence electrons. The number of nitrogens with one attached hydrogen (secondary N) is 2. The van der Waals surface area contributed by atoms with E-state index in [4.69, 9.17) is 0 Å². The van der Waals surface area contributed by atoms with Gasteiger partial charge in [-0.2, -0.15) is 0 Å². The van der Waals surface area contributed by atoms with Gasteiger partial charge in [-0.25, -0.2) is 4.98 Å². The fourth-order valence-corrected chi connectivity index (χ4v) is 3.68. The molecule has 0 bridgehead atoms. The monoisotopic (exact) mass is 366 g/mol. The van der Waals surface area contributed by atoms with E-state index in [1.54, 1.807) is 12.7 Å². The van der Waals surface area contributed by atoms with Crippen molar-refractivity contribution in [1.82, 2.24) is 30.0 Å². The van der Waals surface area contributed by atoms with Crippen LogP contribution >= 0.6 is 0 Å². The van der Waals surface area contributed by atoms with Gasteiger partial charge < -0.3 is 14.9 Å². The second-order valence-corrected chi connectivity index (χ2v) is 7.01. The minimum Gasteiger partial charge on any atom is -0.353 e. The second kappa shape index (κ2) is 7.69. The third-order valence-corrected chi connectivity index (χ3v) is 5.18. The van der Waals surface area contributed by atoms with Gasteiger partial charge in [-0.1, -0.05) is 12.1 Å². The summed E-state index contributed by atoms with van der Waals surface area (Å²) in [6.07, 6.45) is 7.95. The summed E-state index contributed by atoms with van der Waals surface area (Å²) in [7, 11) is 0. The predicted octanol–water partition coefficient (Wildman–Crippen LogP) is 1.75. The molecule has 1 aromatic carbocycles. The topological polar surface area (TPSA) is 106 Å². The maximum Gasteiger partial charge on any atom is 0.270 e. The van der Waals surface area contributed by atoms with E-state index in [1.165, 1.54) is 0 Å². The molecule has 8 nitrogen and oxygen atoms in total. The number of fused-ring (bicyclic) bond motifs is 1. The lowest BCUT2D eigenvalue weighted by atomic mass is 9.91. The molecule has 1 aliphatic rings. The molecule has 2 aromatic heterocycles. The van der Waals surface area contributed by atoms with Gasteiger partial charge in [-0.15, -0.1) is 10.2 Å². The zero-order valence-corrected chi connectivity index (χ0v) is 15.0. The van der Waals surface area contributed by atoms with Gasteiger partial charge in [0.25, 0.3) is 5.56 Å². The van der Waals surface area contributed by atoms with E-state index in [2.05, 4.69) is 25.5 Å². The Morgan fingerprint density at radius 1 is 1.15 bits per heavy atom. The molecule has 27 heavy (non-hydrogen) atoms. The van der Waals surface area contributed by atoms with E-state index in [-0.39, 0.29) is 23.9 Å². The van der Waals surface area contributed by atoms with Gasteiger partial charge in [0.05, 0.1) is 11.0 Å². The highest BCUT2D eigenvalue weighted by atomic mass is 16.1. The molecule has 0 spiro atoms. The van der Waals surface area contributed by atoms with Gasteiger partial charge in [0.15, 0.2) is 0 Å². The van der Waals surface area contributed by atoms with Crippen LogP contribution < -0.4 is 10.9 Å². The molecule has 1 amide bonds. The summed E-state index contributed by atoms with van der Waals surface area (Å²) in [5.74, 6) is -0.0305. The van der Waals surface area contributed by atoms with Crippen molar-refractivity contribution in [2.75, 3.05) is 0 Å². The molecular formula is C19H22N6O2. The number of benzene rings is 1. The summed E-state index contributed by atoms with van der Waals surface area (Å²) >= 11 is 0.